The van der Waals surface area contributed by atoms with Gasteiger partial charge in [-0.2, -0.15) is 5.10 Å². The Balaban J connectivity index is 1.57. The van der Waals surface area contributed by atoms with E-state index in [0.29, 0.717) is 5.92 Å². The predicted octanol–water partition coefficient (Wildman–Crippen LogP) is 3.95. The van der Waals surface area contributed by atoms with Crippen molar-refractivity contribution in [2.45, 2.75) is 44.4 Å². The molecular weight excluding hydrogens is 260 g/mol. The largest absolute Gasteiger partial charge is 0.370 e. The number of rotatable bonds is 5. The third-order valence-electron chi connectivity index (χ3n) is 4.77. The molecule has 2 aromatic heterocycles. The third kappa shape index (κ3) is 2.80. The maximum absolute atomic E-state index is 4.43. The molecule has 0 bridgehead atoms. The highest BCUT2D eigenvalue weighted by molar-refractivity contribution is 5.68. The van der Waals surface area contributed by atoms with Crippen molar-refractivity contribution in [3.8, 4) is 11.1 Å². The number of anilines is 1. The SMILES string of the molecule is c1cc(-c2cn[nH]c2C2CCCC2)cc(NCC2CC2)n1. The molecule has 2 saturated carbocycles. The Bertz CT molecular complexity index is 609. The van der Waals surface area contributed by atoms with Crippen LogP contribution in [0.4, 0.5) is 5.82 Å². The van der Waals surface area contributed by atoms with E-state index in [1.54, 1.807) is 0 Å². The Labute approximate surface area is 125 Å². The van der Waals surface area contributed by atoms with Gasteiger partial charge >= 0.3 is 0 Å². The van der Waals surface area contributed by atoms with Gasteiger partial charge in [0, 0.05) is 29.9 Å². The first kappa shape index (κ1) is 12.9. The first-order chi connectivity index (χ1) is 10.4. The lowest BCUT2D eigenvalue weighted by Gasteiger charge is -2.11. The summed E-state index contributed by atoms with van der Waals surface area (Å²) in [5.74, 6) is 2.50. The minimum absolute atomic E-state index is 0.651. The average Bonchev–Trinajstić information content (AvgIpc) is 3.01. The molecule has 2 aromatic rings. The smallest absolute Gasteiger partial charge is 0.126 e. The zero-order valence-electron chi connectivity index (χ0n) is 12.3. The van der Waals surface area contributed by atoms with Crippen LogP contribution in [-0.2, 0) is 0 Å². The highest BCUT2D eigenvalue weighted by Crippen LogP contribution is 2.38. The third-order valence-corrected chi connectivity index (χ3v) is 4.77. The highest BCUT2D eigenvalue weighted by atomic mass is 15.1. The van der Waals surface area contributed by atoms with Crippen LogP contribution in [0.2, 0.25) is 0 Å². The standard InChI is InChI=1S/C17H22N4/c1-2-4-13(3-1)17-15(11-20-21-17)14-7-8-18-16(9-14)19-10-12-5-6-12/h7-9,11-13H,1-6,10H2,(H,18,19)(H,20,21). The van der Waals surface area contributed by atoms with Gasteiger partial charge in [-0.05, 0) is 49.3 Å². The average molecular weight is 282 g/mol. The molecule has 4 heteroatoms. The van der Waals surface area contributed by atoms with Gasteiger partial charge in [0.25, 0.3) is 0 Å². The van der Waals surface area contributed by atoms with Crippen molar-refractivity contribution < 1.29 is 0 Å². The summed E-state index contributed by atoms with van der Waals surface area (Å²) in [5.41, 5.74) is 3.78. The van der Waals surface area contributed by atoms with E-state index >= 15 is 0 Å². The number of hydrogen-bond acceptors (Lipinski definition) is 3. The van der Waals surface area contributed by atoms with Gasteiger partial charge in [0.2, 0.25) is 0 Å². The lowest BCUT2D eigenvalue weighted by molar-refractivity contribution is 0.694. The first-order valence-corrected chi connectivity index (χ1v) is 8.14. The Morgan fingerprint density at radius 3 is 2.86 bits per heavy atom. The molecule has 0 atom stereocenters. The lowest BCUT2D eigenvalue weighted by Crippen LogP contribution is -2.04. The molecule has 110 valence electrons. The maximum Gasteiger partial charge on any atom is 0.126 e. The van der Waals surface area contributed by atoms with Crippen LogP contribution < -0.4 is 5.32 Å². The number of hydrogen-bond donors (Lipinski definition) is 2. The second-order valence-electron chi connectivity index (χ2n) is 6.43. The van der Waals surface area contributed by atoms with Crippen molar-refractivity contribution in [2.24, 2.45) is 5.92 Å². The summed E-state index contributed by atoms with van der Waals surface area (Å²) in [7, 11) is 0. The van der Waals surface area contributed by atoms with Gasteiger partial charge in [-0.15, -0.1) is 0 Å². The van der Waals surface area contributed by atoms with Crippen LogP contribution in [0.1, 0.15) is 50.1 Å². The molecular formula is C17H22N4. The molecule has 21 heavy (non-hydrogen) atoms. The topological polar surface area (TPSA) is 53.6 Å². The molecule has 4 rings (SSSR count). The molecule has 2 fully saturated rings. The summed E-state index contributed by atoms with van der Waals surface area (Å²) in [4.78, 5) is 4.43. The monoisotopic (exact) mass is 282 g/mol. The molecule has 0 spiro atoms. The minimum Gasteiger partial charge on any atom is -0.370 e. The van der Waals surface area contributed by atoms with Crippen molar-refractivity contribution in [1.82, 2.24) is 15.2 Å². The van der Waals surface area contributed by atoms with Crippen molar-refractivity contribution in [3.05, 3.63) is 30.2 Å². The van der Waals surface area contributed by atoms with E-state index in [2.05, 4.69) is 32.6 Å². The van der Waals surface area contributed by atoms with Gasteiger partial charge in [-0.25, -0.2) is 4.98 Å². The normalized spacial score (nSPS) is 19.0. The van der Waals surface area contributed by atoms with Crippen LogP contribution in [0.5, 0.6) is 0 Å². The van der Waals surface area contributed by atoms with Gasteiger partial charge in [0.05, 0.1) is 6.20 Å². The quantitative estimate of drug-likeness (QED) is 0.873. The second-order valence-corrected chi connectivity index (χ2v) is 6.43. The van der Waals surface area contributed by atoms with Crippen LogP contribution in [0.15, 0.2) is 24.5 Å². The molecule has 2 aliphatic rings. The molecule has 0 saturated heterocycles. The van der Waals surface area contributed by atoms with Crippen LogP contribution in [0, 0.1) is 5.92 Å². The Morgan fingerprint density at radius 2 is 2.05 bits per heavy atom. The molecule has 2 N–H and O–H groups in total. The molecule has 0 unspecified atom stereocenters. The maximum atomic E-state index is 4.43. The predicted molar refractivity (Wildman–Crippen MR) is 84.2 cm³/mol. The van der Waals surface area contributed by atoms with Crippen molar-refractivity contribution in [1.29, 1.82) is 0 Å². The summed E-state index contributed by atoms with van der Waals surface area (Å²) >= 11 is 0. The van der Waals surface area contributed by atoms with E-state index < -0.39 is 0 Å². The zero-order valence-corrected chi connectivity index (χ0v) is 12.3. The number of aromatic nitrogens is 3. The van der Waals surface area contributed by atoms with Crippen molar-refractivity contribution >= 4 is 5.82 Å². The number of nitrogens with one attached hydrogen (secondary N) is 2. The second kappa shape index (κ2) is 5.51. The number of pyridine rings is 1. The Morgan fingerprint density at radius 1 is 1.19 bits per heavy atom. The molecule has 0 aromatic carbocycles. The van der Waals surface area contributed by atoms with Gasteiger partial charge in [-0.1, -0.05) is 12.8 Å². The van der Waals surface area contributed by atoms with Gasteiger partial charge in [0.1, 0.15) is 5.82 Å². The van der Waals surface area contributed by atoms with E-state index in [4.69, 9.17) is 0 Å². The molecule has 0 aliphatic heterocycles. The van der Waals surface area contributed by atoms with Crippen LogP contribution in [-0.4, -0.2) is 21.7 Å². The van der Waals surface area contributed by atoms with Crippen molar-refractivity contribution in [2.75, 3.05) is 11.9 Å². The summed E-state index contributed by atoms with van der Waals surface area (Å²) < 4.78 is 0. The highest BCUT2D eigenvalue weighted by Gasteiger charge is 2.23. The molecule has 0 amide bonds. The van der Waals surface area contributed by atoms with Crippen LogP contribution in [0.3, 0.4) is 0 Å². The van der Waals surface area contributed by atoms with Crippen LogP contribution >= 0.6 is 0 Å². The molecule has 2 aliphatic carbocycles. The van der Waals surface area contributed by atoms with Gasteiger partial charge in [0.15, 0.2) is 0 Å². The van der Waals surface area contributed by atoms with Gasteiger partial charge < -0.3 is 5.32 Å². The minimum atomic E-state index is 0.651. The van der Waals surface area contributed by atoms with Gasteiger partial charge in [-0.3, -0.25) is 5.10 Å². The van der Waals surface area contributed by atoms with Crippen LogP contribution in [0.25, 0.3) is 11.1 Å². The Hall–Kier alpha value is -1.84. The fourth-order valence-corrected chi connectivity index (χ4v) is 3.32. The number of aromatic amines is 1. The summed E-state index contributed by atoms with van der Waals surface area (Å²) in [5, 5.41) is 11.0. The molecule has 0 radical (unpaired) electrons. The summed E-state index contributed by atoms with van der Waals surface area (Å²) in [6.07, 6.45) is 11.8. The lowest BCUT2D eigenvalue weighted by atomic mass is 9.97. The molecule has 4 nitrogen and oxygen atoms in total. The summed E-state index contributed by atoms with van der Waals surface area (Å²) in [6.45, 7) is 1.05. The van der Waals surface area contributed by atoms with E-state index in [0.717, 1.165) is 18.3 Å². The summed E-state index contributed by atoms with van der Waals surface area (Å²) in [6, 6.07) is 4.25. The number of nitrogens with zero attached hydrogens (tertiary/aromatic N) is 2. The zero-order chi connectivity index (χ0) is 14.1. The van der Waals surface area contributed by atoms with E-state index in [1.165, 1.54) is 55.3 Å². The fraction of sp³-hybridized carbons (Fsp3) is 0.529. The first-order valence-electron chi connectivity index (χ1n) is 8.14. The molecule has 2 heterocycles. The fourth-order valence-electron chi connectivity index (χ4n) is 3.32. The Kier molecular flexibility index (Phi) is 3.37. The van der Waals surface area contributed by atoms with Crippen molar-refractivity contribution in [3.63, 3.8) is 0 Å². The van der Waals surface area contributed by atoms with E-state index in [-0.39, 0.29) is 0 Å². The van der Waals surface area contributed by atoms with E-state index in [1.807, 2.05) is 12.4 Å². The van der Waals surface area contributed by atoms with E-state index in [9.17, 15) is 0 Å². The number of H-pyrrole nitrogens is 1.